The van der Waals surface area contributed by atoms with Crippen molar-refractivity contribution in [3.63, 3.8) is 0 Å². The normalized spacial score (nSPS) is 13.1. The van der Waals surface area contributed by atoms with Crippen molar-refractivity contribution in [2.24, 2.45) is 0 Å². The predicted octanol–water partition coefficient (Wildman–Crippen LogP) is 1.75. The molecule has 5 nitrogen and oxygen atoms in total. The molecule has 1 aromatic heterocycles. The molecule has 2 aromatic rings. The fourth-order valence-electron chi connectivity index (χ4n) is 2.08. The van der Waals surface area contributed by atoms with Crippen LogP contribution in [-0.4, -0.2) is 22.9 Å². The number of hydrogen-bond donors (Lipinski definition) is 0. The molecule has 0 saturated carbocycles. The highest BCUT2D eigenvalue weighted by molar-refractivity contribution is 6.09. The highest BCUT2D eigenvalue weighted by Gasteiger charge is 2.19. The van der Waals surface area contributed by atoms with Gasteiger partial charge < -0.3 is 9.47 Å². The van der Waals surface area contributed by atoms with Crippen LogP contribution in [0, 0.1) is 0 Å². The number of ketones is 1. The van der Waals surface area contributed by atoms with Crippen LogP contribution in [0.2, 0.25) is 0 Å². The molecule has 3 rings (SSSR count). The number of benzene rings is 1. The molecule has 0 N–H and O–H groups in total. The van der Waals surface area contributed by atoms with Gasteiger partial charge in [-0.3, -0.25) is 4.79 Å². The first-order chi connectivity index (χ1) is 9.29. The lowest BCUT2D eigenvalue weighted by atomic mass is 10.0. The summed E-state index contributed by atoms with van der Waals surface area (Å²) < 4.78 is 10.4. The molecule has 0 atom stereocenters. The monoisotopic (exact) mass is 256 g/mol. The quantitative estimate of drug-likeness (QED) is 0.783. The summed E-state index contributed by atoms with van der Waals surface area (Å²) in [7, 11) is 1.47. The summed E-state index contributed by atoms with van der Waals surface area (Å²) in [6, 6.07) is 5.54. The van der Waals surface area contributed by atoms with Crippen molar-refractivity contribution >= 4 is 5.78 Å². The van der Waals surface area contributed by atoms with E-state index in [1.54, 1.807) is 6.07 Å². The van der Waals surface area contributed by atoms with Crippen LogP contribution >= 0.6 is 0 Å². The van der Waals surface area contributed by atoms with Crippen LogP contribution in [-0.2, 0) is 18.0 Å². The Morgan fingerprint density at radius 2 is 2.00 bits per heavy atom. The smallest absolute Gasteiger partial charge is 0.243 e. The van der Waals surface area contributed by atoms with Crippen molar-refractivity contribution in [1.29, 1.82) is 0 Å². The van der Waals surface area contributed by atoms with Crippen LogP contribution in [0.1, 0.15) is 27.2 Å². The molecule has 5 heteroatoms. The van der Waals surface area contributed by atoms with Crippen LogP contribution in [0.25, 0.3) is 0 Å². The van der Waals surface area contributed by atoms with Crippen molar-refractivity contribution in [1.82, 2.24) is 9.97 Å². The van der Waals surface area contributed by atoms with Crippen LogP contribution < -0.4 is 4.74 Å². The van der Waals surface area contributed by atoms with E-state index in [1.807, 2.05) is 12.1 Å². The van der Waals surface area contributed by atoms with Gasteiger partial charge >= 0.3 is 0 Å². The summed E-state index contributed by atoms with van der Waals surface area (Å²) in [5.41, 5.74) is 2.98. The Bertz CT molecular complexity index is 640. The summed E-state index contributed by atoms with van der Waals surface area (Å²) in [5.74, 6) is 0.0453. The van der Waals surface area contributed by atoms with Gasteiger partial charge in [-0.15, -0.1) is 0 Å². The first kappa shape index (κ1) is 11.8. The zero-order chi connectivity index (χ0) is 13.2. The first-order valence-electron chi connectivity index (χ1n) is 5.89. The molecular formula is C14H12N2O3. The Morgan fingerprint density at radius 3 is 2.84 bits per heavy atom. The summed E-state index contributed by atoms with van der Waals surface area (Å²) in [4.78, 5) is 20.4. The molecular weight excluding hydrogens is 244 g/mol. The van der Waals surface area contributed by atoms with E-state index in [0.29, 0.717) is 18.8 Å². The van der Waals surface area contributed by atoms with E-state index < -0.39 is 0 Å². The van der Waals surface area contributed by atoms with Gasteiger partial charge in [-0.05, 0) is 17.2 Å². The van der Waals surface area contributed by atoms with E-state index in [4.69, 9.17) is 9.47 Å². The molecule has 0 unspecified atom stereocenters. The number of fused-ring (bicyclic) bond motifs is 1. The third kappa shape index (κ3) is 2.08. The standard InChI is InChI=1S/C14H12N2O3/c1-18-14-12(15-4-5-16-14)13(17)9-2-3-10-7-19-8-11(10)6-9/h2-6H,7-8H2,1H3. The second kappa shape index (κ2) is 4.78. The minimum absolute atomic E-state index is 0.195. The van der Waals surface area contributed by atoms with Crippen molar-refractivity contribution in [2.45, 2.75) is 13.2 Å². The van der Waals surface area contributed by atoms with Crippen molar-refractivity contribution < 1.29 is 14.3 Å². The zero-order valence-electron chi connectivity index (χ0n) is 10.4. The van der Waals surface area contributed by atoms with Crippen LogP contribution in [0.15, 0.2) is 30.6 Å². The topological polar surface area (TPSA) is 61.3 Å². The van der Waals surface area contributed by atoms with E-state index >= 15 is 0 Å². The molecule has 0 spiro atoms. The molecule has 96 valence electrons. The van der Waals surface area contributed by atoms with Gasteiger partial charge in [0.2, 0.25) is 11.7 Å². The van der Waals surface area contributed by atoms with E-state index in [1.165, 1.54) is 19.5 Å². The molecule has 0 radical (unpaired) electrons. The summed E-state index contributed by atoms with van der Waals surface area (Å²) >= 11 is 0. The number of nitrogens with zero attached hydrogens (tertiary/aromatic N) is 2. The number of aromatic nitrogens is 2. The van der Waals surface area contributed by atoms with E-state index in [0.717, 1.165) is 11.1 Å². The largest absolute Gasteiger partial charge is 0.479 e. The molecule has 1 aliphatic rings. The average molecular weight is 256 g/mol. The minimum atomic E-state index is -0.195. The molecule has 0 bridgehead atoms. The van der Waals surface area contributed by atoms with E-state index in [-0.39, 0.29) is 17.4 Å². The molecule has 2 heterocycles. The molecule has 1 aromatic carbocycles. The second-order valence-electron chi connectivity index (χ2n) is 4.22. The number of carbonyl (C=O) groups excluding carboxylic acids is 1. The highest BCUT2D eigenvalue weighted by atomic mass is 16.5. The van der Waals surface area contributed by atoms with Crippen molar-refractivity contribution in [2.75, 3.05) is 7.11 Å². The Balaban J connectivity index is 2.00. The number of methoxy groups -OCH3 is 1. The third-order valence-corrected chi connectivity index (χ3v) is 3.06. The fraction of sp³-hybridized carbons (Fsp3) is 0.214. The Morgan fingerprint density at radius 1 is 1.21 bits per heavy atom. The molecule has 1 aliphatic heterocycles. The van der Waals surface area contributed by atoms with Gasteiger partial charge in [0, 0.05) is 18.0 Å². The van der Waals surface area contributed by atoms with Gasteiger partial charge in [-0.1, -0.05) is 12.1 Å². The van der Waals surface area contributed by atoms with E-state index in [9.17, 15) is 4.79 Å². The molecule has 19 heavy (non-hydrogen) atoms. The molecule has 0 saturated heterocycles. The van der Waals surface area contributed by atoms with Crippen LogP contribution in [0.3, 0.4) is 0 Å². The van der Waals surface area contributed by atoms with Crippen molar-refractivity contribution in [3.05, 3.63) is 53.0 Å². The zero-order valence-corrected chi connectivity index (χ0v) is 10.4. The number of rotatable bonds is 3. The van der Waals surface area contributed by atoms with Crippen molar-refractivity contribution in [3.8, 4) is 5.88 Å². The second-order valence-corrected chi connectivity index (χ2v) is 4.22. The molecule has 0 amide bonds. The Hall–Kier alpha value is -2.27. The number of ether oxygens (including phenoxy) is 2. The van der Waals surface area contributed by atoms with Crippen LogP contribution in [0.5, 0.6) is 5.88 Å². The SMILES string of the molecule is COc1nccnc1C(=O)c1ccc2c(c1)COC2. The maximum atomic E-state index is 12.4. The molecule has 0 fully saturated rings. The van der Waals surface area contributed by atoms with Gasteiger partial charge in [0.25, 0.3) is 0 Å². The molecule has 0 aliphatic carbocycles. The maximum absolute atomic E-state index is 12.4. The van der Waals surface area contributed by atoms with Gasteiger partial charge in [0.15, 0.2) is 5.69 Å². The van der Waals surface area contributed by atoms with E-state index in [2.05, 4.69) is 9.97 Å². The Kier molecular flexibility index (Phi) is 2.97. The lowest BCUT2D eigenvalue weighted by Crippen LogP contribution is -2.08. The van der Waals surface area contributed by atoms with Gasteiger partial charge in [0.05, 0.1) is 20.3 Å². The summed E-state index contributed by atoms with van der Waals surface area (Å²) in [5, 5.41) is 0. The van der Waals surface area contributed by atoms with Crippen LogP contribution in [0.4, 0.5) is 0 Å². The lowest BCUT2D eigenvalue weighted by Gasteiger charge is -2.06. The summed E-state index contributed by atoms with van der Waals surface area (Å²) in [6.07, 6.45) is 2.97. The highest BCUT2D eigenvalue weighted by Crippen LogP contribution is 2.23. The minimum Gasteiger partial charge on any atom is -0.479 e. The van der Waals surface area contributed by atoms with Gasteiger partial charge in [-0.2, -0.15) is 0 Å². The van der Waals surface area contributed by atoms with Gasteiger partial charge in [0.1, 0.15) is 0 Å². The maximum Gasteiger partial charge on any atom is 0.243 e. The fourth-order valence-corrected chi connectivity index (χ4v) is 2.08. The third-order valence-electron chi connectivity index (χ3n) is 3.06. The van der Waals surface area contributed by atoms with Gasteiger partial charge in [-0.25, -0.2) is 9.97 Å². The first-order valence-corrected chi connectivity index (χ1v) is 5.89. The average Bonchev–Trinajstić information content (AvgIpc) is 2.93. The summed E-state index contributed by atoms with van der Waals surface area (Å²) in [6.45, 7) is 1.16. The number of carbonyl (C=O) groups is 1. The number of hydrogen-bond acceptors (Lipinski definition) is 5. The predicted molar refractivity (Wildman–Crippen MR) is 67.0 cm³/mol. The lowest BCUT2D eigenvalue weighted by molar-refractivity contribution is 0.103. The Labute approximate surface area is 110 Å².